The number of nitrogens with zero attached hydrogens (tertiary/aromatic N) is 3. The number of benzene rings is 2. The lowest BCUT2D eigenvalue weighted by atomic mass is 10.1. The van der Waals surface area contributed by atoms with Crippen molar-refractivity contribution in [2.75, 3.05) is 18.4 Å². The van der Waals surface area contributed by atoms with Crippen molar-refractivity contribution in [1.82, 2.24) is 14.9 Å². The highest BCUT2D eigenvalue weighted by Gasteiger charge is 2.12. The molecule has 2 aromatic heterocycles. The maximum absolute atomic E-state index is 4.63. The van der Waals surface area contributed by atoms with Gasteiger partial charge < -0.3 is 5.32 Å². The number of anilines is 1. The minimum absolute atomic E-state index is 0.763. The molecule has 3 heterocycles. The Morgan fingerprint density at radius 1 is 0.833 bits per heavy atom. The van der Waals surface area contributed by atoms with Gasteiger partial charge in [-0.05, 0) is 78.8 Å². The normalized spacial score (nSPS) is 14.3. The van der Waals surface area contributed by atoms with Crippen LogP contribution in [0.15, 0.2) is 79.3 Å². The zero-order valence-corrected chi connectivity index (χ0v) is 17.1. The van der Waals surface area contributed by atoms with Gasteiger partial charge in [0.05, 0.1) is 5.69 Å². The molecule has 4 heteroatoms. The Bertz CT molecular complexity index is 1150. The molecule has 0 atom stereocenters. The van der Waals surface area contributed by atoms with E-state index in [0.29, 0.717) is 0 Å². The van der Waals surface area contributed by atoms with Crippen molar-refractivity contribution in [3.8, 4) is 11.3 Å². The second-order valence-corrected chi connectivity index (χ2v) is 8.02. The van der Waals surface area contributed by atoms with Crippen LogP contribution in [0.5, 0.6) is 0 Å². The van der Waals surface area contributed by atoms with E-state index >= 15 is 0 Å². The Labute approximate surface area is 177 Å². The third kappa shape index (κ3) is 4.34. The third-order valence-corrected chi connectivity index (χ3v) is 5.79. The topological polar surface area (TPSA) is 41.0 Å². The highest BCUT2D eigenvalue weighted by atomic mass is 15.1. The van der Waals surface area contributed by atoms with Gasteiger partial charge in [-0.1, -0.05) is 24.3 Å². The van der Waals surface area contributed by atoms with E-state index in [0.717, 1.165) is 29.9 Å². The molecule has 0 spiro atoms. The molecule has 150 valence electrons. The van der Waals surface area contributed by atoms with E-state index < -0.39 is 0 Å². The monoisotopic (exact) mass is 394 g/mol. The molecule has 2 aromatic carbocycles. The Morgan fingerprint density at radius 2 is 1.77 bits per heavy atom. The van der Waals surface area contributed by atoms with Gasteiger partial charge in [-0.25, -0.2) is 0 Å². The summed E-state index contributed by atoms with van der Waals surface area (Å²) in [6.07, 6.45) is 8.28. The first-order valence-electron chi connectivity index (χ1n) is 10.7. The van der Waals surface area contributed by atoms with Crippen LogP contribution in [0.1, 0.15) is 24.0 Å². The molecule has 0 bridgehead atoms. The van der Waals surface area contributed by atoms with Gasteiger partial charge in [0.25, 0.3) is 0 Å². The SMILES string of the molecule is c1cc(CN2CCCC2)cc(-c2cc(CNc3ccc4cnccc4c3)ccn2)c1. The molecule has 0 aliphatic carbocycles. The summed E-state index contributed by atoms with van der Waals surface area (Å²) < 4.78 is 0. The van der Waals surface area contributed by atoms with E-state index in [1.807, 2.05) is 24.7 Å². The lowest BCUT2D eigenvalue weighted by Gasteiger charge is -2.15. The fourth-order valence-electron chi connectivity index (χ4n) is 4.17. The quantitative estimate of drug-likeness (QED) is 0.468. The van der Waals surface area contributed by atoms with E-state index in [1.54, 1.807) is 0 Å². The van der Waals surface area contributed by atoms with Gasteiger partial charge in [-0.3, -0.25) is 14.9 Å². The Hall–Kier alpha value is -3.24. The van der Waals surface area contributed by atoms with Gasteiger partial charge in [0, 0.05) is 48.3 Å². The molecular weight excluding hydrogens is 368 g/mol. The van der Waals surface area contributed by atoms with Crippen molar-refractivity contribution in [3.63, 3.8) is 0 Å². The van der Waals surface area contributed by atoms with Crippen LogP contribution < -0.4 is 5.32 Å². The molecule has 30 heavy (non-hydrogen) atoms. The molecule has 0 unspecified atom stereocenters. The zero-order valence-electron chi connectivity index (χ0n) is 17.1. The first-order chi connectivity index (χ1) is 14.8. The molecule has 1 fully saturated rings. The maximum Gasteiger partial charge on any atom is 0.0705 e. The molecule has 5 rings (SSSR count). The summed E-state index contributed by atoms with van der Waals surface area (Å²) in [6.45, 7) is 4.23. The largest absolute Gasteiger partial charge is 0.381 e. The van der Waals surface area contributed by atoms with Crippen LogP contribution in [0.3, 0.4) is 0 Å². The summed E-state index contributed by atoms with van der Waals surface area (Å²) in [6, 6.07) is 21.5. The number of fused-ring (bicyclic) bond motifs is 1. The van der Waals surface area contributed by atoms with Gasteiger partial charge in [0.1, 0.15) is 0 Å². The average Bonchev–Trinajstić information content (AvgIpc) is 3.31. The molecule has 4 nitrogen and oxygen atoms in total. The first-order valence-corrected chi connectivity index (χ1v) is 10.7. The highest BCUT2D eigenvalue weighted by molar-refractivity contribution is 5.84. The van der Waals surface area contributed by atoms with Gasteiger partial charge in [-0.2, -0.15) is 0 Å². The van der Waals surface area contributed by atoms with Gasteiger partial charge in [0.15, 0.2) is 0 Å². The van der Waals surface area contributed by atoms with Crippen LogP contribution in [0.2, 0.25) is 0 Å². The summed E-state index contributed by atoms with van der Waals surface area (Å²) in [5, 5.41) is 5.89. The Kier molecular flexibility index (Phi) is 5.40. The summed E-state index contributed by atoms with van der Waals surface area (Å²) in [7, 11) is 0. The van der Waals surface area contributed by atoms with E-state index in [2.05, 4.69) is 74.8 Å². The minimum Gasteiger partial charge on any atom is -0.381 e. The van der Waals surface area contributed by atoms with Crippen LogP contribution >= 0.6 is 0 Å². The van der Waals surface area contributed by atoms with E-state index in [-0.39, 0.29) is 0 Å². The zero-order chi connectivity index (χ0) is 20.2. The standard InChI is InChI=1S/C26H26N4/c1-2-13-30(12-1)19-21-4-3-5-23(14-21)26-15-20(8-11-28-26)17-29-25-7-6-24-18-27-10-9-22(24)16-25/h3-11,14-16,18,29H,1-2,12-13,17,19H2. The van der Waals surface area contributed by atoms with Crippen molar-refractivity contribution >= 4 is 16.5 Å². The predicted octanol–water partition coefficient (Wildman–Crippen LogP) is 5.50. The van der Waals surface area contributed by atoms with Crippen LogP contribution in [0.4, 0.5) is 5.69 Å². The molecule has 1 aliphatic heterocycles. The number of hydrogen-bond donors (Lipinski definition) is 1. The fourth-order valence-corrected chi connectivity index (χ4v) is 4.17. The van der Waals surface area contributed by atoms with E-state index in [4.69, 9.17) is 0 Å². The Morgan fingerprint density at radius 3 is 2.70 bits per heavy atom. The second kappa shape index (κ2) is 8.64. The molecule has 0 amide bonds. The summed E-state index contributed by atoms with van der Waals surface area (Å²) in [5.74, 6) is 0. The smallest absolute Gasteiger partial charge is 0.0705 e. The number of rotatable bonds is 6. The van der Waals surface area contributed by atoms with Crippen molar-refractivity contribution in [1.29, 1.82) is 0 Å². The summed E-state index contributed by atoms with van der Waals surface area (Å²) in [4.78, 5) is 11.3. The van der Waals surface area contributed by atoms with Gasteiger partial charge >= 0.3 is 0 Å². The first kappa shape index (κ1) is 18.8. The third-order valence-electron chi connectivity index (χ3n) is 5.79. The molecule has 0 radical (unpaired) electrons. The highest BCUT2D eigenvalue weighted by Crippen LogP contribution is 2.22. The number of nitrogens with one attached hydrogen (secondary N) is 1. The van der Waals surface area contributed by atoms with Crippen molar-refractivity contribution in [2.24, 2.45) is 0 Å². The van der Waals surface area contributed by atoms with Crippen LogP contribution in [-0.4, -0.2) is 28.0 Å². The predicted molar refractivity (Wildman–Crippen MR) is 123 cm³/mol. The molecule has 4 aromatic rings. The number of aromatic nitrogens is 2. The fraction of sp³-hybridized carbons (Fsp3) is 0.231. The molecule has 1 N–H and O–H groups in total. The molecule has 0 saturated carbocycles. The molecule has 1 aliphatic rings. The van der Waals surface area contributed by atoms with Crippen molar-refractivity contribution < 1.29 is 0 Å². The van der Waals surface area contributed by atoms with E-state index in [1.165, 1.54) is 48.0 Å². The minimum atomic E-state index is 0.763. The molecule has 1 saturated heterocycles. The summed E-state index contributed by atoms with van der Waals surface area (Å²) >= 11 is 0. The summed E-state index contributed by atoms with van der Waals surface area (Å²) in [5.41, 5.74) is 5.92. The van der Waals surface area contributed by atoms with Crippen molar-refractivity contribution in [2.45, 2.75) is 25.9 Å². The van der Waals surface area contributed by atoms with Crippen LogP contribution in [0, 0.1) is 0 Å². The maximum atomic E-state index is 4.63. The second-order valence-electron chi connectivity index (χ2n) is 8.02. The van der Waals surface area contributed by atoms with Crippen molar-refractivity contribution in [3.05, 3.63) is 90.4 Å². The Balaban J connectivity index is 1.30. The number of hydrogen-bond acceptors (Lipinski definition) is 4. The lowest BCUT2D eigenvalue weighted by molar-refractivity contribution is 0.331. The van der Waals surface area contributed by atoms with Crippen LogP contribution in [0.25, 0.3) is 22.0 Å². The molecular formula is C26H26N4. The van der Waals surface area contributed by atoms with Gasteiger partial charge in [-0.15, -0.1) is 0 Å². The van der Waals surface area contributed by atoms with Crippen LogP contribution in [-0.2, 0) is 13.1 Å². The number of pyridine rings is 2. The van der Waals surface area contributed by atoms with Gasteiger partial charge in [0.2, 0.25) is 0 Å². The van der Waals surface area contributed by atoms with E-state index in [9.17, 15) is 0 Å². The lowest BCUT2D eigenvalue weighted by Crippen LogP contribution is -2.18. The average molecular weight is 395 g/mol. The number of likely N-dealkylation sites (tertiary alicyclic amines) is 1.